The van der Waals surface area contributed by atoms with Gasteiger partial charge in [-0.3, -0.25) is 0 Å². The lowest BCUT2D eigenvalue weighted by Crippen LogP contribution is -2.34. The first kappa shape index (κ1) is 20.1. The highest BCUT2D eigenvalue weighted by Gasteiger charge is 2.33. The van der Waals surface area contributed by atoms with Gasteiger partial charge in [-0.15, -0.1) is 11.8 Å². The Kier molecular flexibility index (Phi) is 6.06. The van der Waals surface area contributed by atoms with Crippen LogP contribution in [0.3, 0.4) is 0 Å². The third-order valence-electron chi connectivity index (χ3n) is 4.61. The first-order chi connectivity index (χ1) is 12.8. The number of benzene rings is 2. The molecular weight excluding hydrogens is 424 g/mol. The van der Waals surface area contributed by atoms with E-state index in [9.17, 15) is 4.79 Å². The largest absolute Gasteiger partial charge is 0.496 e. The van der Waals surface area contributed by atoms with Gasteiger partial charge in [0.15, 0.2) is 0 Å². The molecule has 2 aromatic rings. The number of nitrogens with zero attached hydrogens (tertiary/aromatic N) is 1. The maximum Gasteiger partial charge on any atom is 0.323 e. The SMILES string of the molecule is COc1ccc(Br)cc1C1SCCN1C(=O)Nc1ccc(C(C)(C)C)cc1. The molecule has 0 spiro atoms. The van der Waals surface area contributed by atoms with E-state index in [-0.39, 0.29) is 16.8 Å². The minimum atomic E-state index is -0.0875. The van der Waals surface area contributed by atoms with Crippen LogP contribution in [0.1, 0.15) is 37.3 Å². The molecule has 1 N–H and O–H groups in total. The molecule has 2 aromatic carbocycles. The summed E-state index contributed by atoms with van der Waals surface area (Å²) >= 11 is 5.27. The van der Waals surface area contributed by atoms with Crippen molar-refractivity contribution in [1.29, 1.82) is 0 Å². The van der Waals surface area contributed by atoms with E-state index in [1.165, 1.54) is 5.56 Å². The van der Waals surface area contributed by atoms with Crippen molar-refractivity contribution >= 4 is 39.4 Å². The Labute approximate surface area is 173 Å². The molecule has 1 heterocycles. The van der Waals surface area contributed by atoms with Gasteiger partial charge in [0.05, 0.1) is 7.11 Å². The highest BCUT2D eigenvalue weighted by atomic mass is 79.9. The van der Waals surface area contributed by atoms with Crippen molar-refractivity contribution in [3.63, 3.8) is 0 Å². The quantitative estimate of drug-likeness (QED) is 0.622. The fourth-order valence-electron chi connectivity index (χ4n) is 3.08. The van der Waals surface area contributed by atoms with E-state index in [4.69, 9.17) is 4.74 Å². The van der Waals surface area contributed by atoms with E-state index in [2.05, 4.69) is 54.2 Å². The van der Waals surface area contributed by atoms with Gasteiger partial charge in [0.25, 0.3) is 0 Å². The summed E-state index contributed by atoms with van der Waals surface area (Å²) in [5, 5.41) is 2.97. The third kappa shape index (κ3) is 4.61. The zero-order chi connectivity index (χ0) is 19.6. The average Bonchev–Trinajstić information content (AvgIpc) is 3.11. The predicted molar refractivity (Wildman–Crippen MR) is 117 cm³/mol. The summed E-state index contributed by atoms with van der Waals surface area (Å²) in [6.45, 7) is 7.24. The number of hydrogen-bond acceptors (Lipinski definition) is 3. The van der Waals surface area contributed by atoms with Gasteiger partial charge < -0.3 is 15.0 Å². The molecule has 1 aliphatic heterocycles. The molecule has 1 saturated heterocycles. The van der Waals surface area contributed by atoms with Gasteiger partial charge in [-0.05, 0) is 41.3 Å². The monoisotopic (exact) mass is 448 g/mol. The first-order valence-corrected chi connectivity index (χ1v) is 10.8. The van der Waals surface area contributed by atoms with Crippen LogP contribution in [0.5, 0.6) is 5.75 Å². The van der Waals surface area contributed by atoms with Crippen LogP contribution in [-0.2, 0) is 5.41 Å². The molecule has 0 aliphatic carbocycles. The van der Waals surface area contributed by atoms with E-state index in [0.29, 0.717) is 6.54 Å². The lowest BCUT2D eigenvalue weighted by molar-refractivity contribution is 0.213. The number of ether oxygens (including phenoxy) is 1. The Balaban J connectivity index is 1.77. The normalized spacial score (nSPS) is 17.1. The van der Waals surface area contributed by atoms with Crippen molar-refractivity contribution in [2.24, 2.45) is 0 Å². The summed E-state index contributed by atoms with van der Waals surface area (Å²) in [5.41, 5.74) is 3.16. The summed E-state index contributed by atoms with van der Waals surface area (Å²) in [6.07, 6.45) is 0. The van der Waals surface area contributed by atoms with Crippen LogP contribution >= 0.6 is 27.7 Å². The molecule has 1 unspecified atom stereocenters. The van der Waals surface area contributed by atoms with Crippen LogP contribution in [0.4, 0.5) is 10.5 Å². The van der Waals surface area contributed by atoms with Gasteiger partial charge >= 0.3 is 6.03 Å². The Bertz CT molecular complexity index is 818. The van der Waals surface area contributed by atoms with Crippen LogP contribution in [0, 0.1) is 0 Å². The molecule has 144 valence electrons. The Morgan fingerprint density at radius 2 is 1.93 bits per heavy atom. The molecule has 0 radical (unpaired) electrons. The molecule has 3 rings (SSSR count). The number of hydrogen-bond donors (Lipinski definition) is 1. The standard InChI is InChI=1S/C21H25BrN2O2S/c1-21(2,3)14-5-8-16(9-6-14)23-20(25)24-11-12-27-19(24)17-13-15(22)7-10-18(17)26-4/h5-10,13,19H,11-12H2,1-4H3,(H,23,25). The lowest BCUT2D eigenvalue weighted by atomic mass is 9.87. The van der Waals surface area contributed by atoms with Crippen LogP contribution in [0.15, 0.2) is 46.9 Å². The molecule has 4 nitrogen and oxygen atoms in total. The number of anilines is 1. The topological polar surface area (TPSA) is 41.6 Å². The number of carbonyl (C=O) groups is 1. The minimum Gasteiger partial charge on any atom is -0.496 e. The number of urea groups is 1. The smallest absolute Gasteiger partial charge is 0.323 e. The van der Waals surface area contributed by atoms with Crippen molar-refractivity contribution in [2.45, 2.75) is 31.6 Å². The van der Waals surface area contributed by atoms with Gasteiger partial charge in [0, 0.05) is 28.0 Å². The van der Waals surface area contributed by atoms with E-state index in [1.807, 2.05) is 35.2 Å². The number of nitrogens with one attached hydrogen (secondary N) is 1. The number of methoxy groups -OCH3 is 1. The van der Waals surface area contributed by atoms with Crippen molar-refractivity contribution < 1.29 is 9.53 Å². The predicted octanol–water partition coefficient (Wildman–Crippen LogP) is 6.03. The second kappa shape index (κ2) is 8.15. The molecule has 2 amide bonds. The summed E-state index contributed by atoms with van der Waals surface area (Å²) < 4.78 is 6.49. The second-order valence-corrected chi connectivity index (χ2v) is 9.66. The van der Waals surface area contributed by atoms with Gasteiger partial charge in [-0.1, -0.05) is 48.8 Å². The first-order valence-electron chi connectivity index (χ1n) is 8.93. The van der Waals surface area contributed by atoms with E-state index in [0.717, 1.165) is 27.2 Å². The third-order valence-corrected chi connectivity index (χ3v) is 6.35. The zero-order valence-electron chi connectivity index (χ0n) is 16.1. The van der Waals surface area contributed by atoms with E-state index in [1.54, 1.807) is 18.9 Å². The Morgan fingerprint density at radius 3 is 2.56 bits per heavy atom. The highest BCUT2D eigenvalue weighted by molar-refractivity contribution is 9.10. The van der Waals surface area contributed by atoms with Gasteiger partial charge in [0.1, 0.15) is 11.1 Å². The highest BCUT2D eigenvalue weighted by Crippen LogP contribution is 2.43. The maximum atomic E-state index is 12.9. The summed E-state index contributed by atoms with van der Waals surface area (Å²) in [6, 6.07) is 13.9. The Hall–Kier alpha value is -1.66. The molecule has 27 heavy (non-hydrogen) atoms. The molecular formula is C21H25BrN2O2S. The molecule has 1 atom stereocenters. The minimum absolute atomic E-state index is 0.0636. The molecule has 1 fully saturated rings. The zero-order valence-corrected chi connectivity index (χ0v) is 18.5. The number of carbonyl (C=O) groups excluding carboxylic acids is 1. The second-order valence-electron chi connectivity index (χ2n) is 7.56. The summed E-state index contributed by atoms with van der Waals surface area (Å²) in [7, 11) is 1.66. The molecule has 1 aliphatic rings. The average molecular weight is 449 g/mol. The lowest BCUT2D eigenvalue weighted by Gasteiger charge is -2.26. The van der Waals surface area contributed by atoms with Crippen LogP contribution < -0.4 is 10.1 Å². The number of rotatable bonds is 3. The van der Waals surface area contributed by atoms with Crippen molar-refractivity contribution in [2.75, 3.05) is 24.7 Å². The van der Waals surface area contributed by atoms with Crippen molar-refractivity contribution in [3.8, 4) is 5.75 Å². The molecule has 0 aromatic heterocycles. The van der Waals surface area contributed by atoms with Crippen LogP contribution in [0.2, 0.25) is 0 Å². The van der Waals surface area contributed by atoms with Crippen LogP contribution in [-0.4, -0.2) is 30.3 Å². The number of halogens is 1. The summed E-state index contributed by atoms with van der Waals surface area (Å²) in [5.74, 6) is 1.70. The van der Waals surface area contributed by atoms with Crippen molar-refractivity contribution in [1.82, 2.24) is 4.90 Å². The summed E-state index contributed by atoms with van der Waals surface area (Å²) in [4.78, 5) is 14.8. The van der Waals surface area contributed by atoms with Crippen molar-refractivity contribution in [3.05, 3.63) is 58.1 Å². The number of amides is 2. The van der Waals surface area contributed by atoms with Crippen LogP contribution in [0.25, 0.3) is 0 Å². The fourth-order valence-corrected chi connectivity index (χ4v) is 4.73. The maximum absolute atomic E-state index is 12.9. The number of thioether (sulfide) groups is 1. The molecule has 6 heteroatoms. The van der Waals surface area contributed by atoms with Gasteiger partial charge in [-0.2, -0.15) is 0 Å². The van der Waals surface area contributed by atoms with Gasteiger partial charge in [0.2, 0.25) is 0 Å². The van der Waals surface area contributed by atoms with E-state index < -0.39 is 0 Å². The Morgan fingerprint density at radius 1 is 1.22 bits per heavy atom. The van der Waals surface area contributed by atoms with Gasteiger partial charge in [-0.25, -0.2) is 4.79 Å². The molecule has 0 bridgehead atoms. The van der Waals surface area contributed by atoms with E-state index >= 15 is 0 Å². The molecule has 0 saturated carbocycles. The fraction of sp³-hybridized carbons (Fsp3) is 0.381.